The molecule has 134 valence electrons. The maximum Gasteiger partial charge on any atom is 0.366 e. The Morgan fingerprint density at radius 3 is 2.52 bits per heavy atom. The Morgan fingerprint density at radius 1 is 1.20 bits per heavy atom. The van der Waals surface area contributed by atoms with E-state index in [2.05, 4.69) is 0 Å². The van der Waals surface area contributed by atoms with Gasteiger partial charge in [0.2, 0.25) is 6.33 Å². The smallest absolute Gasteiger partial charge is 0.366 e. The lowest BCUT2D eigenvalue weighted by atomic mass is 10.2. The van der Waals surface area contributed by atoms with Gasteiger partial charge in [0.05, 0.1) is 7.05 Å². The third-order valence-electron chi connectivity index (χ3n) is 3.44. The number of aryl methyl sites for hydroxylation is 1. The summed E-state index contributed by atoms with van der Waals surface area (Å²) in [5.41, 5.74) is 0.837. The number of hydrogen-bond donors (Lipinski definition) is 0. The lowest BCUT2D eigenvalue weighted by molar-refractivity contribution is -0.671. The molecule has 0 amide bonds. The van der Waals surface area contributed by atoms with Crippen LogP contribution in [0.5, 0.6) is 0 Å². The van der Waals surface area contributed by atoms with Gasteiger partial charge in [-0.05, 0) is 19.4 Å². The molecular formula is C18H23N2O5+. The Balaban J connectivity index is 2.10. The van der Waals surface area contributed by atoms with Crippen molar-refractivity contribution in [1.82, 2.24) is 4.57 Å². The van der Waals surface area contributed by atoms with E-state index in [9.17, 15) is 9.59 Å². The Hall–Kier alpha value is -2.67. The van der Waals surface area contributed by atoms with Crippen LogP contribution in [0.15, 0.2) is 49.1 Å². The number of hydrogen-bond acceptors (Lipinski definition) is 5. The monoisotopic (exact) mass is 347 g/mol. The molecule has 0 saturated heterocycles. The zero-order valence-electron chi connectivity index (χ0n) is 14.6. The third-order valence-corrected chi connectivity index (χ3v) is 3.44. The molecule has 0 N–H and O–H groups in total. The highest BCUT2D eigenvalue weighted by Crippen LogP contribution is 2.14. The summed E-state index contributed by atoms with van der Waals surface area (Å²) in [6.07, 6.45) is 4.20. The van der Waals surface area contributed by atoms with Gasteiger partial charge >= 0.3 is 11.9 Å². The van der Waals surface area contributed by atoms with E-state index in [1.165, 1.54) is 4.57 Å². The summed E-state index contributed by atoms with van der Waals surface area (Å²) in [4.78, 5) is 25.0. The highest BCUT2D eigenvalue weighted by molar-refractivity contribution is 5.97. The molecule has 2 aromatic rings. The van der Waals surface area contributed by atoms with Crippen LogP contribution in [-0.4, -0.2) is 29.4 Å². The standard InChI is InChI=1S/C18H23N2O5/c1-4-23-14(2)25-18(22)16(20-11-10-19(3)13-20)17(21)24-12-15-8-6-5-7-9-15/h5-11,13-14,16H,4,12H2,1-3H3/q+1. The molecule has 0 saturated carbocycles. The molecule has 0 spiro atoms. The van der Waals surface area contributed by atoms with Crippen molar-refractivity contribution >= 4 is 11.9 Å². The molecule has 0 aliphatic heterocycles. The van der Waals surface area contributed by atoms with Crippen LogP contribution >= 0.6 is 0 Å². The number of ether oxygens (including phenoxy) is 3. The van der Waals surface area contributed by atoms with E-state index in [1.807, 2.05) is 30.3 Å². The summed E-state index contributed by atoms with van der Waals surface area (Å²) >= 11 is 0. The first kappa shape index (κ1) is 18.7. The summed E-state index contributed by atoms with van der Waals surface area (Å²) in [6, 6.07) is 8.03. The van der Waals surface area contributed by atoms with Crippen LogP contribution in [0.4, 0.5) is 0 Å². The van der Waals surface area contributed by atoms with Crippen molar-refractivity contribution in [1.29, 1.82) is 0 Å². The normalized spacial score (nSPS) is 13.1. The van der Waals surface area contributed by atoms with Crippen LogP contribution in [-0.2, 0) is 37.5 Å². The number of nitrogens with zero attached hydrogens (tertiary/aromatic N) is 2. The molecule has 0 radical (unpaired) electrons. The van der Waals surface area contributed by atoms with Gasteiger partial charge in [0.15, 0.2) is 6.29 Å². The van der Waals surface area contributed by atoms with Crippen LogP contribution in [0.25, 0.3) is 0 Å². The van der Waals surface area contributed by atoms with Gasteiger partial charge in [-0.15, -0.1) is 0 Å². The lowest BCUT2D eigenvalue weighted by Gasteiger charge is -2.16. The average molecular weight is 347 g/mol. The van der Waals surface area contributed by atoms with Crippen LogP contribution in [0.1, 0.15) is 25.5 Å². The zero-order chi connectivity index (χ0) is 18.2. The van der Waals surface area contributed by atoms with E-state index in [0.717, 1.165) is 5.56 Å². The molecule has 2 unspecified atom stereocenters. The fourth-order valence-electron chi connectivity index (χ4n) is 2.27. The summed E-state index contributed by atoms with van der Waals surface area (Å²) in [5, 5.41) is 0. The van der Waals surface area contributed by atoms with Crippen molar-refractivity contribution in [2.24, 2.45) is 7.05 Å². The van der Waals surface area contributed by atoms with E-state index in [-0.39, 0.29) is 6.61 Å². The average Bonchev–Trinajstić information content (AvgIpc) is 3.00. The molecule has 7 nitrogen and oxygen atoms in total. The second kappa shape index (κ2) is 8.98. The first-order valence-electron chi connectivity index (χ1n) is 8.06. The summed E-state index contributed by atoms with van der Waals surface area (Å²) in [6.45, 7) is 3.87. The highest BCUT2D eigenvalue weighted by atomic mass is 16.7. The van der Waals surface area contributed by atoms with Gasteiger partial charge in [-0.25, -0.2) is 18.7 Å². The maximum atomic E-state index is 12.5. The molecule has 0 fully saturated rings. The quantitative estimate of drug-likeness (QED) is 0.313. The van der Waals surface area contributed by atoms with Crippen molar-refractivity contribution in [2.45, 2.75) is 32.8 Å². The van der Waals surface area contributed by atoms with Crippen molar-refractivity contribution in [3.63, 3.8) is 0 Å². The Labute approximate surface area is 146 Å². The minimum absolute atomic E-state index is 0.0812. The number of esters is 2. The zero-order valence-corrected chi connectivity index (χ0v) is 14.6. The molecular weight excluding hydrogens is 324 g/mol. The van der Waals surface area contributed by atoms with Crippen LogP contribution in [0, 0.1) is 0 Å². The fraction of sp³-hybridized carbons (Fsp3) is 0.389. The summed E-state index contributed by atoms with van der Waals surface area (Å²) in [5.74, 6) is -1.41. The van der Waals surface area contributed by atoms with Crippen molar-refractivity contribution in [2.75, 3.05) is 6.61 Å². The van der Waals surface area contributed by atoms with Gasteiger partial charge in [-0.2, -0.15) is 0 Å². The van der Waals surface area contributed by atoms with Gasteiger partial charge in [0.25, 0.3) is 6.04 Å². The van der Waals surface area contributed by atoms with Gasteiger partial charge < -0.3 is 14.2 Å². The van der Waals surface area contributed by atoms with Crippen LogP contribution < -0.4 is 4.57 Å². The molecule has 1 heterocycles. The predicted octanol–water partition coefficient (Wildman–Crippen LogP) is 1.52. The van der Waals surface area contributed by atoms with E-state index in [4.69, 9.17) is 14.2 Å². The van der Waals surface area contributed by atoms with E-state index in [0.29, 0.717) is 6.61 Å². The van der Waals surface area contributed by atoms with Gasteiger partial charge in [-0.1, -0.05) is 30.3 Å². The topological polar surface area (TPSA) is 70.6 Å². The van der Waals surface area contributed by atoms with E-state index < -0.39 is 24.3 Å². The number of rotatable bonds is 8. The van der Waals surface area contributed by atoms with Gasteiger partial charge in [-0.3, -0.25) is 0 Å². The highest BCUT2D eigenvalue weighted by Gasteiger charge is 2.37. The lowest BCUT2D eigenvalue weighted by Crippen LogP contribution is -2.34. The molecule has 2 atom stereocenters. The molecule has 25 heavy (non-hydrogen) atoms. The molecule has 2 rings (SSSR count). The van der Waals surface area contributed by atoms with E-state index >= 15 is 0 Å². The number of benzene rings is 1. The van der Waals surface area contributed by atoms with Gasteiger partial charge in [0.1, 0.15) is 19.0 Å². The molecule has 0 aliphatic carbocycles. The summed E-state index contributed by atoms with van der Waals surface area (Å²) < 4.78 is 18.9. The molecule has 1 aromatic heterocycles. The number of carbonyl (C=O) groups excluding carboxylic acids is 2. The maximum absolute atomic E-state index is 12.5. The largest absolute Gasteiger partial charge is 0.457 e. The molecule has 1 aromatic carbocycles. The molecule has 0 bridgehead atoms. The first-order valence-corrected chi connectivity index (χ1v) is 8.06. The second-order valence-corrected chi connectivity index (χ2v) is 5.48. The Kier molecular flexibility index (Phi) is 6.71. The summed E-state index contributed by atoms with van der Waals surface area (Å²) in [7, 11) is 1.79. The SMILES string of the molecule is CCOC(C)OC(=O)C(C(=O)OCc1ccccc1)n1cc[n+](C)c1. The van der Waals surface area contributed by atoms with E-state index in [1.54, 1.807) is 44.2 Å². The number of imidazole rings is 1. The minimum atomic E-state index is -1.23. The van der Waals surface area contributed by atoms with Gasteiger partial charge in [0, 0.05) is 6.61 Å². The molecule has 7 heteroatoms. The Bertz CT molecular complexity index is 699. The predicted molar refractivity (Wildman–Crippen MR) is 88.1 cm³/mol. The second-order valence-electron chi connectivity index (χ2n) is 5.48. The molecule has 0 aliphatic rings. The van der Waals surface area contributed by atoms with Crippen molar-refractivity contribution < 1.29 is 28.4 Å². The minimum Gasteiger partial charge on any atom is -0.457 e. The Morgan fingerprint density at radius 2 is 1.92 bits per heavy atom. The number of aromatic nitrogens is 2. The number of carbonyl (C=O) groups is 2. The van der Waals surface area contributed by atoms with Crippen LogP contribution in [0.2, 0.25) is 0 Å². The first-order chi connectivity index (χ1) is 12.0. The third kappa shape index (κ3) is 5.42. The van der Waals surface area contributed by atoms with Crippen molar-refractivity contribution in [3.8, 4) is 0 Å². The van der Waals surface area contributed by atoms with Crippen LogP contribution in [0.3, 0.4) is 0 Å². The fourth-order valence-corrected chi connectivity index (χ4v) is 2.27. The van der Waals surface area contributed by atoms with Crippen molar-refractivity contribution in [3.05, 3.63) is 54.6 Å².